The van der Waals surface area contributed by atoms with Crippen LogP contribution in [0.4, 0.5) is 0 Å². The molecular formula is C11H11Br3. The summed E-state index contributed by atoms with van der Waals surface area (Å²) in [6, 6.07) is 0. The molecule has 6 aliphatic carbocycles. The average molecular weight is 383 g/mol. The van der Waals surface area contributed by atoms with Crippen molar-refractivity contribution in [1.82, 2.24) is 0 Å². The van der Waals surface area contributed by atoms with Gasteiger partial charge < -0.3 is 0 Å². The van der Waals surface area contributed by atoms with E-state index in [4.69, 9.17) is 0 Å². The lowest BCUT2D eigenvalue weighted by Crippen LogP contribution is -2.39. The summed E-state index contributed by atoms with van der Waals surface area (Å²) in [7, 11) is 0. The molecular weight excluding hydrogens is 372 g/mol. The second-order valence-electron chi connectivity index (χ2n) is 6.14. The molecule has 0 heterocycles. The van der Waals surface area contributed by atoms with E-state index in [9.17, 15) is 0 Å². The van der Waals surface area contributed by atoms with Gasteiger partial charge in [-0.25, -0.2) is 0 Å². The van der Waals surface area contributed by atoms with Crippen molar-refractivity contribution in [2.24, 2.45) is 41.4 Å². The predicted molar refractivity (Wildman–Crippen MR) is 65.9 cm³/mol. The van der Waals surface area contributed by atoms with Gasteiger partial charge >= 0.3 is 0 Å². The van der Waals surface area contributed by atoms with Gasteiger partial charge in [0.15, 0.2) is 0 Å². The number of alkyl halides is 3. The summed E-state index contributed by atoms with van der Waals surface area (Å²) in [4.78, 5) is 0. The molecule has 0 spiro atoms. The van der Waals surface area contributed by atoms with Gasteiger partial charge in [0.2, 0.25) is 0 Å². The van der Waals surface area contributed by atoms with Gasteiger partial charge in [-0.3, -0.25) is 0 Å². The molecule has 6 aliphatic rings. The average Bonchev–Trinajstić information content (AvgIpc) is 2.70. The second kappa shape index (κ2) is 1.96. The van der Waals surface area contributed by atoms with Crippen LogP contribution in [0, 0.1) is 41.4 Å². The van der Waals surface area contributed by atoms with E-state index in [1.807, 2.05) is 0 Å². The number of halogens is 3. The third-order valence-electron chi connectivity index (χ3n) is 6.26. The highest BCUT2D eigenvalue weighted by molar-refractivity contribution is 9.25. The lowest BCUT2D eigenvalue weighted by molar-refractivity contribution is 0.149. The standard InChI is InChI=1S/C11H11Br3/c12-10-2-5-3-1-4-6(5)9(10)11(13,14)8(4)7(3)10/h3-9H,1-2H2/t3-,4-,5+,6-,7+,8-,9+,10+/m0/s1. The fourth-order valence-electron chi connectivity index (χ4n) is 6.48. The quantitative estimate of drug-likeness (QED) is 0.559. The minimum atomic E-state index is 0.295. The van der Waals surface area contributed by atoms with Crippen molar-refractivity contribution in [2.45, 2.75) is 20.4 Å². The molecule has 14 heavy (non-hydrogen) atoms. The van der Waals surface area contributed by atoms with Gasteiger partial charge in [0.25, 0.3) is 0 Å². The molecule has 6 saturated carbocycles. The maximum Gasteiger partial charge on any atom is 0.0883 e. The van der Waals surface area contributed by atoms with Gasteiger partial charge in [-0.2, -0.15) is 0 Å². The topological polar surface area (TPSA) is 0 Å². The minimum absolute atomic E-state index is 0.295. The van der Waals surface area contributed by atoms with E-state index < -0.39 is 0 Å². The Kier molecular flexibility index (Phi) is 1.20. The minimum Gasteiger partial charge on any atom is -0.0846 e. The highest BCUT2D eigenvalue weighted by Gasteiger charge is 2.88. The molecule has 0 amide bonds. The Bertz CT molecular complexity index is 366. The van der Waals surface area contributed by atoms with E-state index in [2.05, 4.69) is 47.8 Å². The summed E-state index contributed by atoms with van der Waals surface area (Å²) in [6.07, 6.45) is 3.02. The smallest absolute Gasteiger partial charge is 0.0846 e. The Morgan fingerprint density at radius 3 is 2.43 bits per heavy atom. The molecule has 0 saturated heterocycles. The van der Waals surface area contributed by atoms with E-state index in [0.29, 0.717) is 7.56 Å². The van der Waals surface area contributed by atoms with Crippen molar-refractivity contribution < 1.29 is 0 Å². The van der Waals surface area contributed by atoms with E-state index in [-0.39, 0.29) is 0 Å². The Labute approximate surface area is 109 Å². The highest BCUT2D eigenvalue weighted by Crippen LogP contribution is 2.90. The first-order chi connectivity index (χ1) is 6.57. The van der Waals surface area contributed by atoms with Crippen molar-refractivity contribution in [3.05, 3.63) is 0 Å². The van der Waals surface area contributed by atoms with Crippen LogP contribution in [0.15, 0.2) is 0 Å². The Morgan fingerprint density at radius 2 is 1.71 bits per heavy atom. The number of rotatable bonds is 0. The molecule has 6 bridgehead atoms. The first-order valence-corrected chi connectivity index (χ1v) is 8.01. The largest absolute Gasteiger partial charge is 0.0883 e. The molecule has 0 aromatic heterocycles. The Hall–Kier alpha value is 1.44. The van der Waals surface area contributed by atoms with Gasteiger partial charge in [-0.1, -0.05) is 47.8 Å². The Morgan fingerprint density at radius 1 is 0.929 bits per heavy atom. The van der Waals surface area contributed by atoms with Crippen molar-refractivity contribution in [2.75, 3.05) is 0 Å². The van der Waals surface area contributed by atoms with E-state index in [1.54, 1.807) is 6.42 Å². The molecule has 0 aromatic rings. The summed E-state index contributed by atoms with van der Waals surface area (Å²) < 4.78 is 0.821. The highest BCUT2D eigenvalue weighted by atomic mass is 79.9. The fourth-order valence-corrected chi connectivity index (χ4v) is 11.4. The van der Waals surface area contributed by atoms with Crippen LogP contribution in [0.5, 0.6) is 0 Å². The molecule has 6 fully saturated rings. The number of hydrogen-bond donors (Lipinski definition) is 0. The first kappa shape index (κ1) is 8.52. The van der Waals surface area contributed by atoms with Crippen molar-refractivity contribution in [3.63, 3.8) is 0 Å². The van der Waals surface area contributed by atoms with Gasteiger partial charge in [0.05, 0.1) is 3.23 Å². The van der Waals surface area contributed by atoms with Crippen LogP contribution in [0.3, 0.4) is 0 Å². The summed E-state index contributed by atoms with van der Waals surface area (Å²) in [5.41, 5.74) is 0. The lowest BCUT2D eigenvalue weighted by atomic mass is 9.71. The predicted octanol–water partition coefficient (Wildman–Crippen LogP) is 3.77. The van der Waals surface area contributed by atoms with Crippen LogP contribution in [0.1, 0.15) is 12.8 Å². The van der Waals surface area contributed by atoms with Crippen LogP contribution in [-0.2, 0) is 0 Å². The van der Waals surface area contributed by atoms with Gasteiger partial charge in [0.1, 0.15) is 0 Å². The summed E-state index contributed by atoms with van der Waals surface area (Å²) >= 11 is 12.2. The summed E-state index contributed by atoms with van der Waals surface area (Å²) in [5.74, 6) is 7.08. The maximum absolute atomic E-state index is 4.13. The van der Waals surface area contributed by atoms with E-state index >= 15 is 0 Å². The lowest BCUT2D eigenvalue weighted by Gasteiger charge is -2.38. The molecule has 0 aromatic carbocycles. The van der Waals surface area contributed by atoms with Gasteiger partial charge in [0, 0.05) is 10.2 Å². The van der Waals surface area contributed by atoms with E-state index in [1.165, 1.54) is 6.42 Å². The van der Waals surface area contributed by atoms with Gasteiger partial charge in [-0.15, -0.1) is 0 Å². The normalized spacial score (nSPS) is 78.6. The van der Waals surface area contributed by atoms with Crippen LogP contribution in [-0.4, -0.2) is 7.56 Å². The zero-order valence-corrected chi connectivity index (χ0v) is 12.3. The maximum atomic E-state index is 4.13. The van der Waals surface area contributed by atoms with Crippen molar-refractivity contribution >= 4 is 47.8 Å². The Balaban J connectivity index is 1.89. The summed E-state index contributed by atoms with van der Waals surface area (Å²) in [6.45, 7) is 0. The molecule has 3 heteroatoms. The zero-order chi connectivity index (χ0) is 9.46. The molecule has 0 nitrogen and oxygen atoms in total. The molecule has 0 aliphatic heterocycles. The van der Waals surface area contributed by atoms with E-state index in [0.717, 1.165) is 41.4 Å². The molecule has 0 radical (unpaired) electrons. The molecule has 8 atom stereocenters. The van der Waals surface area contributed by atoms with Crippen molar-refractivity contribution in [3.8, 4) is 0 Å². The fraction of sp³-hybridized carbons (Fsp3) is 1.00. The van der Waals surface area contributed by atoms with Crippen molar-refractivity contribution in [1.29, 1.82) is 0 Å². The molecule has 0 unspecified atom stereocenters. The SMILES string of the molecule is BrC1(Br)[C@H]2[C@H]3C[C@H]4[C@H]5C[C@@](Br)([C@H]42)[C@H]1[C@H]53. The van der Waals surface area contributed by atoms with Crippen LogP contribution in [0.25, 0.3) is 0 Å². The third kappa shape index (κ3) is 0.533. The van der Waals surface area contributed by atoms with Crippen LogP contribution in [0.2, 0.25) is 0 Å². The van der Waals surface area contributed by atoms with Crippen LogP contribution >= 0.6 is 47.8 Å². The summed E-state index contributed by atoms with van der Waals surface area (Å²) in [5, 5.41) is 0. The molecule has 76 valence electrons. The van der Waals surface area contributed by atoms with Crippen LogP contribution < -0.4 is 0 Å². The monoisotopic (exact) mass is 380 g/mol. The first-order valence-electron chi connectivity index (χ1n) is 5.63. The van der Waals surface area contributed by atoms with Gasteiger partial charge in [-0.05, 0) is 48.3 Å². The second-order valence-corrected chi connectivity index (χ2v) is 11.3. The molecule has 0 N–H and O–H groups in total. The number of hydrogen-bond acceptors (Lipinski definition) is 0. The zero-order valence-electron chi connectivity index (χ0n) is 7.59. The third-order valence-corrected chi connectivity index (χ3v) is 9.65. The molecule has 6 rings (SSSR count).